The third-order valence-electron chi connectivity index (χ3n) is 11.0. The highest BCUT2D eigenvalue weighted by Crippen LogP contribution is 2.69. The first kappa shape index (κ1) is 25.2. The molecule has 4 aliphatic carbocycles. The van der Waals surface area contributed by atoms with Crippen LogP contribution < -0.4 is 0 Å². The minimum Gasteiger partial charge on any atom is -0.393 e. The number of hydrogen-bond acceptors (Lipinski definition) is 6. The molecule has 6 nitrogen and oxygen atoms in total. The summed E-state index contributed by atoms with van der Waals surface area (Å²) in [6.45, 7) is 9.49. The molecule has 0 bridgehead atoms. The summed E-state index contributed by atoms with van der Waals surface area (Å²) in [7, 11) is 0. The van der Waals surface area contributed by atoms with Gasteiger partial charge < -0.3 is 10.2 Å². The fourth-order valence-electron chi connectivity index (χ4n) is 9.48. The van der Waals surface area contributed by atoms with Crippen LogP contribution in [0.5, 0.6) is 0 Å². The van der Waals surface area contributed by atoms with Gasteiger partial charge in [0, 0.05) is 0 Å². The molecule has 0 radical (unpaired) electrons. The first-order valence-corrected chi connectivity index (χ1v) is 14.4. The summed E-state index contributed by atoms with van der Waals surface area (Å²) < 4.78 is 32.1. The molecule has 32 heavy (non-hydrogen) atoms. The molecule has 5 N–H and O–H groups in total. The summed E-state index contributed by atoms with van der Waals surface area (Å²) in [5.74, 6) is 2.97. The van der Waals surface area contributed by atoms with E-state index in [9.17, 15) is 10.2 Å². The van der Waals surface area contributed by atoms with Gasteiger partial charge in [0.2, 0.25) is 11.2 Å². The lowest BCUT2D eigenvalue weighted by Crippen LogP contribution is -2.62. The Morgan fingerprint density at radius 3 is 2.25 bits per heavy atom. The second-order valence-corrected chi connectivity index (χ2v) is 13.4. The maximum atomic E-state index is 11.7. The van der Waals surface area contributed by atoms with Gasteiger partial charge >= 0.3 is 0 Å². The molecule has 4 rings (SSSR count). The van der Waals surface area contributed by atoms with E-state index in [0.717, 1.165) is 44.9 Å². The lowest BCUT2D eigenvalue weighted by atomic mass is 9.41. The van der Waals surface area contributed by atoms with Crippen LogP contribution in [0.1, 0.15) is 85.5 Å². The maximum Gasteiger partial charge on any atom is 0.216 e. The largest absolute Gasteiger partial charge is 0.393 e. The number of aliphatic hydroxyl groups is 2. The Labute approximate surface area is 195 Å². The summed E-state index contributed by atoms with van der Waals surface area (Å²) in [6.07, 6.45) is 8.63. The second kappa shape index (κ2) is 8.96. The first-order valence-electron chi connectivity index (χ1n) is 12.9. The summed E-state index contributed by atoms with van der Waals surface area (Å²) in [6, 6.07) is 0. The minimum absolute atomic E-state index is 0.145. The molecule has 4 unspecified atom stereocenters. The van der Waals surface area contributed by atoms with Crippen molar-refractivity contribution in [1.29, 1.82) is 0 Å². The van der Waals surface area contributed by atoms with Crippen LogP contribution in [-0.4, -0.2) is 42.7 Å². The van der Waals surface area contributed by atoms with E-state index < -0.39 is 11.2 Å². The normalized spacial score (nSPS) is 50.3. The van der Waals surface area contributed by atoms with E-state index >= 15 is 0 Å². The molecule has 0 aromatic rings. The smallest absolute Gasteiger partial charge is 0.216 e. The summed E-state index contributed by atoms with van der Waals surface area (Å²) in [5.41, 5.74) is 0.400. The molecule has 4 fully saturated rings. The van der Waals surface area contributed by atoms with Crippen molar-refractivity contribution in [2.45, 2.75) is 97.7 Å². The molecule has 0 heterocycles. The lowest BCUT2D eigenvalue weighted by Gasteiger charge is -2.64. The molecule has 11 atom stereocenters. The van der Waals surface area contributed by atoms with Crippen molar-refractivity contribution in [3.63, 3.8) is 0 Å². The van der Waals surface area contributed by atoms with Gasteiger partial charge in [-0.25, -0.2) is 0 Å². The van der Waals surface area contributed by atoms with E-state index in [1.165, 1.54) is 6.42 Å². The third-order valence-corrected chi connectivity index (χ3v) is 11.4. The Morgan fingerprint density at radius 1 is 0.938 bits per heavy atom. The molecule has 0 aromatic carbocycles. The number of rotatable bonds is 6. The summed E-state index contributed by atoms with van der Waals surface area (Å²) in [4.78, 5) is 0. The molecular weight excluding hydrogens is 428 g/mol. The molecule has 188 valence electrons. The predicted octanol–water partition coefficient (Wildman–Crippen LogP) is 5.79. The summed E-state index contributed by atoms with van der Waals surface area (Å²) in [5, 5.41) is 22.2. The van der Waals surface area contributed by atoms with Gasteiger partial charge in [0.25, 0.3) is 0 Å². The van der Waals surface area contributed by atoms with Crippen LogP contribution in [0.25, 0.3) is 0 Å². The summed E-state index contributed by atoms with van der Waals surface area (Å²) >= 11 is -3.89. The highest BCUT2D eigenvalue weighted by atomic mass is 32.3. The molecule has 0 aliphatic heterocycles. The highest BCUT2D eigenvalue weighted by molar-refractivity contribution is 8.15. The van der Waals surface area contributed by atoms with Crippen molar-refractivity contribution in [3.8, 4) is 0 Å². The standard InChI is InChI=1S/C25H46O6S/c1-5-17-21-14-16(26)8-11-25(21,4)20-9-12-24(3)18(6-7-19(24)22(20)23(17)27)15(2)10-13-31-32(28,29)30/h15-23,26-30H,5-14H2,1-4H3/t15-,16-,17-,18?,19?,20?,21+,22?,23-,24-,25-/m1/s1. The Kier molecular flexibility index (Phi) is 7.06. The SMILES string of the molecule is CC[C@H]1[C@@H](O)C2C3CCC([C@H](C)CCOS(O)(O)O)[C@@]3(C)CCC2[C@@]2(C)CC[C@@H](O)C[C@@H]12. The van der Waals surface area contributed by atoms with Crippen LogP contribution in [0.15, 0.2) is 0 Å². The molecule has 7 heteroatoms. The van der Waals surface area contributed by atoms with Gasteiger partial charge in [-0.1, -0.05) is 34.1 Å². The Bertz CT molecular complexity index is 669. The number of aliphatic hydroxyl groups excluding tert-OH is 2. The van der Waals surface area contributed by atoms with Gasteiger partial charge in [-0.3, -0.25) is 17.8 Å². The van der Waals surface area contributed by atoms with E-state index in [2.05, 4.69) is 27.7 Å². The van der Waals surface area contributed by atoms with Crippen molar-refractivity contribution < 1.29 is 28.1 Å². The van der Waals surface area contributed by atoms with Gasteiger partial charge in [-0.2, -0.15) is 0 Å². The van der Waals surface area contributed by atoms with E-state index in [0.29, 0.717) is 41.9 Å². The molecule has 0 amide bonds. The second-order valence-electron chi connectivity index (χ2n) is 12.2. The average molecular weight is 475 g/mol. The van der Waals surface area contributed by atoms with Crippen molar-refractivity contribution in [3.05, 3.63) is 0 Å². The zero-order valence-corrected chi connectivity index (χ0v) is 21.1. The predicted molar refractivity (Wildman–Crippen MR) is 127 cm³/mol. The zero-order chi connectivity index (χ0) is 23.5. The quantitative estimate of drug-likeness (QED) is 0.333. The average Bonchev–Trinajstić information content (AvgIpc) is 3.06. The molecule has 0 spiro atoms. The Morgan fingerprint density at radius 2 is 1.59 bits per heavy atom. The molecular formula is C25H46O6S. The van der Waals surface area contributed by atoms with Crippen molar-refractivity contribution in [2.24, 2.45) is 52.3 Å². The van der Waals surface area contributed by atoms with E-state index in [-0.39, 0.29) is 35.6 Å². The van der Waals surface area contributed by atoms with Crippen LogP contribution in [0.2, 0.25) is 0 Å². The van der Waals surface area contributed by atoms with Gasteiger partial charge in [0.05, 0.1) is 18.8 Å². The van der Waals surface area contributed by atoms with Crippen LogP contribution in [-0.2, 0) is 4.18 Å². The number of fused-ring (bicyclic) bond motifs is 5. The van der Waals surface area contributed by atoms with Gasteiger partial charge in [0.15, 0.2) is 0 Å². The Hall–Kier alpha value is 0.110. The van der Waals surface area contributed by atoms with Crippen molar-refractivity contribution in [1.82, 2.24) is 0 Å². The Balaban J connectivity index is 1.55. The van der Waals surface area contributed by atoms with Crippen LogP contribution in [0.4, 0.5) is 0 Å². The van der Waals surface area contributed by atoms with Crippen LogP contribution >= 0.6 is 11.2 Å². The molecule has 0 saturated heterocycles. The number of hydrogen-bond donors (Lipinski definition) is 5. The van der Waals surface area contributed by atoms with Gasteiger partial charge in [-0.05, 0) is 104 Å². The molecule has 0 aromatic heterocycles. The van der Waals surface area contributed by atoms with E-state index in [4.69, 9.17) is 17.8 Å². The fourth-order valence-corrected chi connectivity index (χ4v) is 9.80. The third kappa shape index (κ3) is 4.18. The first-order chi connectivity index (χ1) is 14.9. The van der Waals surface area contributed by atoms with Gasteiger partial charge in [0.1, 0.15) is 0 Å². The van der Waals surface area contributed by atoms with E-state index in [1.54, 1.807) is 0 Å². The van der Waals surface area contributed by atoms with Crippen LogP contribution in [0, 0.1) is 52.3 Å². The van der Waals surface area contributed by atoms with E-state index in [1.807, 2.05) is 0 Å². The van der Waals surface area contributed by atoms with Crippen LogP contribution in [0.3, 0.4) is 0 Å². The monoisotopic (exact) mass is 474 g/mol. The molecule has 4 aliphatic rings. The lowest BCUT2D eigenvalue weighted by molar-refractivity contribution is -0.203. The maximum absolute atomic E-state index is 11.7. The van der Waals surface area contributed by atoms with Crippen molar-refractivity contribution >= 4 is 11.2 Å². The zero-order valence-electron chi connectivity index (χ0n) is 20.3. The minimum atomic E-state index is -3.89. The highest BCUT2D eigenvalue weighted by Gasteiger charge is 2.64. The van der Waals surface area contributed by atoms with Crippen molar-refractivity contribution in [2.75, 3.05) is 6.61 Å². The topological polar surface area (TPSA) is 110 Å². The fraction of sp³-hybridized carbons (Fsp3) is 1.00. The molecule has 4 saturated carbocycles. The van der Waals surface area contributed by atoms with Gasteiger partial charge in [-0.15, -0.1) is 0 Å².